The van der Waals surface area contributed by atoms with Gasteiger partial charge in [-0.05, 0) is 11.1 Å². The van der Waals surface area contributed by atoms with Crippen LogP contribution in [0.25, 0.3) is 10.4 Å². The van der Waals surface area contributed by atoms with Gasteiger partial charge in [-0.1, -0.05) is 35.4 Å². The first kappa shape index (κ1) is 13.0. The summed E-state index contributed by atoms with van der Waals surface area (Å²) in [5.41, 5.74) is 9.30. The number of hydrogen-bond acceptors (Lipinski definition) is 3. The van der Waals surface area contributed by atoms with Crippen molar-refractivity contribution < 1.29 is 9.53 Å². The molecule has 17 heavy (non-hydrogen) atoms. The van der Waals surface area contributed by atoms with E-state index in [1.165, 1.54) is 7.11 Å². The molecule has 0 saturated carbocycles. The Balaban J connectivity index is 2.50. The molecular formula is C11H14N4O2. The van der Waals surface area contributed by atoms with Gasteiger partial charge in [-0.2, -0.15) is 0 Å². The fourth-order valence-corrected chi connectivity index (χ4v) is 1.28. The van der Waals surface area contributed by atoms with Crippen LogP contribution >= 0.6 is 0 Å². The third-order valence-corrected chi connectivity index (χ3v) is 2.13. The van der Waals surface area contributed by atoms with Crippen LogP contribution in [-0.4, -0.2) is 25.7 Å². The van der Waals surface area contributed by atoms with Gasteiger partial charge >= 0.3 is 0 Å². The van der Waals surface area contributed by atoms with Crippen molar-refractivity contribution in [2.24, 2.45) is 5.11 Å². The van der Waals surface area contributed by atoms with Crippen LogP contribution in [0.3, 0.4) is 0 Å². The van der Waals surface area contributed by atoms with Crippen LogP contribution in [0.1, 0.15) is 5.56 Å². The van der Waals surface area contributed by atoms with Gasteiger partial charge in [0.1, 0.15) is 6.04 Å². The normalized spacial score (nSPS) is 11.4. The van der Waals surface area contributed by atoms with Crippen molar-refractivity contribution in [2.45, 2.75) is 12.6 Å². The number of hydrogen-bond donors (Lipinski definition) is 1. The molecule has 0 unspecified atom stereocenters. The number of methoxy groups -OCH3 is 1. The summed E-state index contributed by atoms with van der Waals surface area (Å²) in [7, 11) is 1.45. The Morgan fingerprint density at radius 3 is 2.82 bits per heavy atom. The minimum Gasteiger partial charge on any atom is -0.384 e. The van der Waals surface area contributed by atoms with Gasteiger partial charge in [0.15, 0.2) is 0 Å². The van der Waals surface area contributed by atoms with E-state index >= 15 is 0 Å². The summed E-state index contributed by atoms with van der Waals surface area (Å²) >= 11 is 0. The number of benzene rings is 1. The van der Waals surface area contributed by atoms with E-state index in [0.29, 0.717) is 6.54 Å². The molecular weight excluding hydrogens is 220 g/mol. The van der Waals surface area contributed by atoms with Crippen LogP contribution in [0.5, 0.6) is 0 Å². The predicted molar refractivity (Wildman–Crippen MR) is 63.1 cm³/mol. The summed E-state index contributed by atoms with van der Waals surface area (Å²) in [6, 6.07) is 8.66. The van der Waals surface area contributed by atoms with Crippen LogP contribution in [0.4, 0.5) is 0 Å². The lowest BCUT2D eigenvalue weighted by molar-refractivity contribution is -0.123. The van der Waals surface area contributed by atoms with Crippen LogP contribution in [0, 0.1) is 0 Å². The monoisotopic (exact) mass is 234 g/mol. The molecule has 0 aliphatic carbocycles. The minimum absolute atomic E-state index is 0.0741. The molecule has 0 spiro atoms. The quantitative estimate of drug-likeness (QED) is 0.460. The third-order valence-electron chi connectivity index (χ3n) is 2.13. The lowest BCUT2D eigenvalue weighted by atomic mass is 10.2. The summed E-state index contributed by atoms with van der Waals surface area (Å²) in [5.74, 6) is -0.339. The molecule has 1 N–H and O–H groups in total. The average molecular weight is 234 g/mol. The largest absolute Gasteiger partial charge is 0.384 e. The Kier molecular flexibility index (Phi) is 5.57. The van der Waals surface area contributed by atoms with Gasteiger partial charge in [0, 0.05) is 18.6 Å². The predicted octanol–water partition coefficient (Wildman–Crippen LogP) is 1.63. The number of carbonyl (C=O) groups is 1. The van der Waals surface area contributed by atoms with Crippen molar-refractivity contribution in [1.82, 2.24) is 5.32 Å². The highest BCUT2D eigenvalue weighted by molar-refractivity contribution is 5.82. The summed E-state index contributed by atoms with van der Waals surface area (Å²) in [5, 5.41) is 6.05. The van der Waals surface area contributed by atoms with Gasteiger partial charge in [0.05, 0.1) is 6.61 Å². The summed E-state index contributed by atoms with van der Waals surface area (Å²) in [4.78, 5) is 14.3. The second-order valence-corrected chi connectivity index (χ2v) is 3.38. The first-order chi connectivity index (χ1) is 8.27. The fraction of sp³-hybridized carbons (Fsp3) is 0.364. The number of ether oxygens (including phenoxy) is 1. The molecule has 1 rings (SSSR count). The van der Waals surface area contributed by atoms with Crippen molar-refractivity contribution in [3.8, 4) is 0 Å². The van der Waals surface area contributed by atoms with E-state index in [2.05, 4.69) is 15.3 Å². The average Bonchev–Trinajstić information content (AvgIpc) is 2.37. The number of amides is 1. The van der Waals surface area contributed by atoms with Gasteiger partial charge in [0.25, 0.3) is 0 Å². The third kappa shape index (κ3) is 4.55. The molecule has 0 radical (unpaired) electrons. The highest BCUT2D eigenvalue weighted by Gasteiger charge is 2.15. The molecule has 0 aliphatic rings. The smallest absolute Gasteiger partial charge is 0.231 e. The zero-order chi connectivity index (χ0) is 12.5. The van der Waals surface area contributed by atoms with Crippen molar-refractivity contribution >= 4 is 5.91 Å². The molecule has 1 atom stereocenters. The SMILES string of the molecule is COC[C@H](N=[N+]=[N-])C(=O)NCc1ccccc1. The molecule has 0 fully saturated rings. The van der Waals surface area contributed by atoms with Gasteiger partial charge in [-0.3, -0.25) is 4.79 Å². The molecule has 90 valence electrons. The minimum atomic E-state index is -0.825. The Morgan fingerprint density at radius 1 is 1.53 bits per heavy atom. The van der Waals surface area contributed by atoms with Crippen molar-refractivity contribution in [1.29, 1.82) is 0 Å². The number of azide groups is 1. The number of rotatable bonds is 6. The Hall–Kier alpha value is -2.04. The number of carbonyl (C=O) groups excluding carboxylic acids is 1. The van der Waals surface area contributed by atoms with E-state index in [9.17, 15) is 4.79 Å². The van der Waals surface area contributed by atoms with E-state index in [1.54, 1.807) is 0 Å². The maximum Gasteiger partial charge on any atom is 0.231 e. The topological polar surface area (TPSA) is 87.1 Å². The van der Waals surface area contributed by atoms with Crippen molar-refractivity contribution in [2.75, 3.05) is 13.7 Å². The van der Waals surface area contributed by atoms with Crippen molar-refractivity contribution in [3.63, 3.8) is 0 Å². The highest BCUT2D eigenvalue weighted by atomic mass is 16.5. The molecule has 0 aromatic heterocycles. The Labute approximate surface area is 99.2 Å². The summed E-state index contributed by atoms with van der Waals surface area (Å²) in [6.45, 7) is 0.478. The van der Waals surface area contributed by atoms with Gasteiger partial charge in [-0.25, -0.2) is 0 Å². The second kappa shape index (κ2) is 7.27. The molecule has 0 heterocycles. The van der Waals surface area contributed by atoms with E-state index in [4.69, 9.17) is 10.3 Å². The standard InChI is InChI=1S/C11H14N4O2/c1-17-8-10(14-15-12)11(16)13-7-9-5-3-2-4-6-9/h2-6,10H,7-8H2,1H3,(H,13,16)/t10-/m0/s1. The summed E-state index contributed by atoms with van der Waals surface area (Å²) in [6.07, 6.45) is 0. The molecule has 6 heteroatoms. The van der Waals surface area contributed by atoms with Crippen molar-refractivity contribution in [3.05, 3.63) is 46.3 Å². The van der Waals surface area contributed by atoms with Gasteiger partial charge in [-0.15, -0.1) is 0 Å². The molecule has 0 bridgehead atoms. The lowest BCUT2D eigenvalue weighted by Crippen LogP contribution is -2.35. The molecule has 1 aromatic rings. The number of nitrogens with one attached hydrogen (secondary N) is 1. The molecule has 1 amide bonds. The van der Waals surface area contributed by atoms with Gasteiger partial charge in [0.2, 0.25) is 5.91 Å². The molecule has 0 aliphatic heterocycles. The Morgan fingerprint density at radius 2 is 2.24 bits per heavy atom. The highest BCUT2D eigenvalue weighted by Crippen LogP contribution is 1.99. The molecule has 6 nitrogen and oxygen atoms in total. The molecule has 0 saturated heterocycles. The fourth-order valence-electron chi connectivity index (χ4n) is 1.28. The van der Waals surface area contributed by atoms with Crippen LogP contribution < -0.4 is 5.32 Å². The maximum absolute atomic E-state index is 11.6. The lowest BCUT2D eigenvalue weighted by Gasteiger charge is -2.10. The van der Waals surface area contributed by atoms with E-state index in [1.807, 2.05) is 30.3 Å². The first-order valence-electron chi connectivity index (χ1n) is 5.12. The zero-order valence-corrected chi connectivity index (χ0v) is 9.54. The van der Waals surface area contributed by atoms with Crippen LogP contribution in [0.15, 0.2) is 35.4 Å². The number of nitrogens with zero attached hydrogens (tertiary/aromatic N) is 3. The first-order valence-corrected chi connectivity index (χ1v) is 5.12. The second-order valence-electron chi connectivity index (χ2n) is 3.38. The zero-order valence-electron chi connectivity index (χ0n) is 9.54. The summed E-state index contributed by atoms with van der Waals surface area (Å²) < 4.78 is 4.80. The van der Waals surface area contributed by atoms with E-state index in [0.717, 1.165) is 5.56 Å². The Bertz CT molecular complexity index is 401. The van der Waals surface area contributed by atoms with Crippen LogP contribution in [-0.2, 0) is 16.1 Å². The van der Waals surface area contributed by atoms with Gasteiger partial charge < -0.3 is 10.1 Å². The van der Waals surface area contributed by atoms with Crippen LogP contribution in [0.2, 0.25) is 0 Å². The van der Waals surface area contributed by atoms with E-state index < -0.39 is 6.04 Å². The molecule has 1 aromatic carbocycles. The maximum atomic E-state index is 11.6. The van der Waals surface area contributed by atoms with E-state index in [-0.39, 0.29) is 12.5 Å².